The first kappa shape index (κ1) is 14.3. The summed E-state index contributed by atoms with van der Waals surface area (Å²) in [5, 5.41) is 19.6. The van der Waals surface area contributed by atoms with Crippen molar-refractivity contribution >= 4 is 5.69 Å². The van der Waals surface area contributed by atoms with Gasteiger partial charge in [0.05, 0.1) is 35.8 Å². The van der Waals surface area contributed by atoms with Crippen LogP contribution < -0.4 is 9.47 Å². The molecule has 0 aliphatic carbocycles. The maximum Gasteiger partial charge on any atom is 0.276 e. The van der Waals surface area contributed by atoms with Crippen molar-refractivity contribution < 1.29 is 18.8 Å². The zero-order valence-electron chi connectivity index (χ0n) is 10.9. The van der Waals surface area contributed by atoms with Gasteiger partial charge < -0.3 is 9.47 Å². The molecule has 6 nitrogen and oxygen atoms in total. The highest BCUT2D eigenvalue weighted by Gasteiger charge is 2.12. The van der Waals surface area contributed by atoms with Gasteiger partial charge in [0.1, 0.15) is 23.1 Å². The lowest BCUT2D eigenvalue weighted by Crippen LogP contribution is -1.93. The molecule has 0 heterocycles. The summed E-state index contributed by atoms with van der Waals surface area (Å²) in [7, 11) is 1.42. The number of rotatable bonds is 4. The number of nitriles is 1. The molecule has 0 saturated heterocycles. The Bertz CT molecular complexity index is 740. The summed E-state index contributed by atoms with van der Waals surface area (Å²) in [5.74, 6) is -0.234. The van der Waals surface area contributed by atoms with Gasteiger partial charge >= 0.3 is 0 Å². The van der Waals surface area contributed by atoms with Crippen LogP contribution in [0.2, 0.25) is 0 Å². The predicted octanol–water partition coefficient (Wildman–Crippen LogP) is 3.41. The Morgan fingerprint density at radius 1 is 1.14 bits per heavy atom. The molecular formula is C14H9FN2O4. The normalized spacial score (nSPS) is 9.76. The molecule has 0 saturated carbocycles. The second kappa shape index (κ2) is 5.88. The van der Waals surface area contributed by atoms with Crippen molar-refractivity contribution in [3.05, 3.63) is 57.9 Å². The molecule has 0 bridgehead atoms. The number of hydrogen-bond acceptors (Lipinski definition) is 5. The van der Waals surface area contributed by atoms with Crippen molar-refractivity contribution in [2.75, 3.05) is 7.11 Å². The van der Waals surface area contributed by atoms with Crippen molar-refractivity contribution in [2.45, 2.75) is 0 Å². The molecule has 0 radical (unpaired) electrons. The van der Waals surface area contributed by atoms with E-state index in [-0.39, 0.29) is 17.1 Å². The Balaban J connectivity index is 2.38. The number of hydrogen-bond donors (Lipinski definition) is 0. The van der Waals surface area contributed by atoms with E-state index in [9.17, 15) is 14.5 Å². The molecule has 0 aromatic heterocycles. The van der Waals surface area contributed by atoms with E-state index < -0.39 is 16.4 Å². The predicted molar refractivity (Wildman–Crippen MR) is 70.8 cm³/mol. The molecule has 0 amide bonds. The number of halogens is 1. The number of non-ortho nitro benzene ring substituents is 1. The quantitative estimate of drug-likeness (QED) is 0.635. The molecule has 0 atom stereocenters. The minimum Gasteiger partial charge on any atom is -0.497 e. The summed E-state index contributed by atoms with van der Waals surface area (Å²) in [6.07, 6.45) is 0. The Kier molecular flexibility index (Phi) is 4.00. The summed E-state index contributed by atoms with van der Waals surface area (Å²) < 4.78 is 23.7. The largest absolute Gasteiger partial charge is 0.497 e. The first-order chi connectivity index (χ1) is 10.0. The monoisotopic (exact) mass is 288 g/mol. The summed E-state index contributed by atoms with van der Waals surface area (Å²) >= 11 is 0. The van der Waals surface area contributed by atoms with Crippen molar-refractivity contribution in [1.82, 2.24) is 0 Å². The van der Waals surface area contributed by atoms with Crippen LogP contribution in [0.5, 0.6) is 17.2 Å². The number of nitro groups is 1. The number of ether oxygens (including phenoxy) is 2. The molecule has 0 fully saturated rings. The minimum absolute atomic E-state index is 0.0427. The van der Waals surface area contributed by atoms with Gasteiger partial charge in [-0.3, -0.25) is 10.1 Å². The Morgan fingerprint density at radius 2 is 1.81 bits per heavy atom. The Morgan fingerprint density at radius 3 is 2.43 bits per heavy atom. The van der Waals surface area contributed by atoms with Gasteiger partial charge in [0.25, 0.3) is 5.69 Å². The molecule has 0 unspecified atom stereocenters. The van der Waals surface area contributed by atoms with Gasteiger partial charge in [-0.25, -0.2) is 4.39 Å². The standard InChI is InChI=1S/C14H9FN2O4/c1-20-12-2-9(8-16)3-13(7-12)21-14-5-10(15)4-11(6-14)17(18)19/h2-7H,1H3. The molecule has 0 aliphatic rings. The van der Waals surface area contributed by atoms with Crippen LogP contribution in [0.4, 0.5) is 10.1 Å². The molecule has 7 heteroatoms. The zero-order chi connectivity index (χ0) is 15.4. The van der Waals surface area contributed by atoms with Crippen LogP contribution >= 0.6 is 0 Å². The van der Waals surface area contributed by atoms with Crippen LogP contribution in [0.1, 0.15) is 5.56 Å². The van der Waals surface area contributed by atoms with E-state index in [0.29, 0.717) is 5.75 Å². The molecule has 0 spiro atoms. The van der Waals surface area contributed by atoms with E-state index in [1.54, 1.807) is 0 Å². The minimum atomic E-state index is -0.789. The SMILES string of the molecule is COc1cc(C#N)cc(Oc2cc(F)cc([N+](=O)[O-])c2)c1. The third-order valence-electron chi connectivity index (χ3n) is 2.55. The number of methoxy groups -OCH3 is 1. The average Bonchev–Trinajstić information content (AvgIpc) is 2.46. The second-order valence-corrected chi connectivity index (χ2v) is 4.01. The molecule has 106 valence electrons. The molecule has 0 N–H and O–H groups in total. The topological polar surface area (TPSA) is 85.4 Å². The van der Waals surface area contributed by atoms with Crippen molar-refractivity contribution in [1.29, 1.82) is 5.26 Å². The van der Waals surface area contributed by atoms with Crippen molar-refractivity contribution in [3.8, 4) is 23.3 Å². The lowest BCUT2D eigenvalue weighted by molar-refractivity contribution is -0.385. The highest BCUT2D eigenvalue weighted by molar-refractivity contribution is 5.47. The molecule has 21 heavy (non-hydrogen) atoms. The average molecular weight is 288 g/mol. The van der Waals surface area contributed by atoms with Crippen LogP contribution in [0.25, 0.3) is 0 Å². The lowest BCUT2D eigenvalue weighted by Gasteiger charge is -2.08. The third kappa shape index (κ3) is 3.45. The lowest BCUT2D eigenvalue weighted by atomic mass is 10.2. The van der Waals surface area contributed by atoms with E-state index in [1.807, 2.05) is 6.07 Å². The highest BCUT2D eigenvalue weighted by Crippen LogP contribution is 2.29. The van der Waals surface area contributed by atoms with Gasteiger partial charge in [0, 0.05) is 12.1 Å². The molecular weight excluding hydrogens is 279 g/mol. The molecule has 0 aliphatic heterocycles. The third-order valence-corrected chi connectivity index (χ3v) is 2.55. The molecule has 2 rings (SSSR count). The van der Waals surface area contributed by atoms with Crippen LogP contribution in [0.15, 0.2) is 36.4 Å². The maximum atomic E-state index is 13.3. The van der Waals surface area contributed by atoms with Gasteiger partial charge in [-0.2, -0.15) is 5.26 Å². The van der Waals surface area contributed by atoms with E-state index in [1.165, 1.54) is 25.3 Å². The van der Waals surface area contributed by atoms with Crippen LogP contribution in [0, 0.1) is 27.3 Å². The van der Waals surface area contributed by atoms with Gasteiger partial charge in [-0.05, 0) is 12.1 Å². The van der Waals surface area contributed by atoms with E-state index in [2.05, 4.69) is 0 Å². The fraction of sp³-hybridized carbons (Fsp3) is 0.0714. The van der Waals surface area contributed by atoms with E-state index in [4.69, 9.17) is 14.7 Å². The first-order valence-corrected chi connectivity index (χ1v) is 5.74. The fourth-order valence-corrected chi connectivity index (χ4v) is 1.66. The number of benzene rings is 2. The van der Waals surface area contributed by atoms with Crippen molar-refractivity contribution in [2.24, 2.45) is 0 Å². The van der Waals surface area contributed by atoms with Crippen molar-refractivity contribution in [3.63, 3.8) is 0 Å². The summed E-state index contributed by atoms with van der Waals surface area (Å²) in [6, 6.07) is 9.22. The second-order valence-electron chi connectivity index (χ2n) is 4.01. The van der Waals surface area contributed by atoms with Crippen LogP contribution in [0.3, 0.4) is 0 Å². The maximum absolute atomic E-state index is 13.3. The summed E-state index contributed by atoms with van der Waals surface area (Å²) in [4.78, 5) is 9.96. The smallest absolute Gasteiger partial charge is 0.276 e. The summed E-state index contributed by atoms with van der Waals surface area (Å²) in [5.41, 5.74) is -0.136. The highest BCUT2D eigenvalue weighted by atomic mass is 19.1. The Labute approximate surface area is 119 Å². The summed E-state index contributed by atoms with van der Waals surface area (Å²) in [6.45, 7) is 0. The van der Waals surface area contributed by atoms with Gasteiger partial charge in [-0.15, -0.1) is 0 Å². The first-order valence-electron chi connectivity index (χ1n) is 5.74. The van der Waals surface area contributed by atoms with Gasteiger partial charge in [0.15, 0.2) is 0 Å². The van der Waals surface area contributed by atoms with Gasteiger partial charge in [0.2, 0.25) is 0 Å². The van der Waals surface area contributed by atoms with E-state index in [0.717, 1.165) is 18.2 Å². The Hall–Kier alpha value is -3.14. The zero-order valence-corrected chi connectivity index (χ0v) is 10.9. The number of nitro benzene ring substituents is 1. The fourth-order valence-electron chi connectivity index (χ4n) is 1.66. The molecule has 2 aromatic rings. The number of nitrogens with zero attached hydrogens (tertiary/aromatic N) is 2. The molecule has 2 aromatic carbocycles. The van der Waals surface area contributed by atoms with E-state index >= 15 is 0 Å². The van der Waals surface area contributed by atoms with Gasteiger partial charge in [-0.1, -0.05) is 0 Å². The van der Waals surface area contributed by atoms with Crippen LogP contribution in [-0.2, 0) is 0 Å². The van der Waals surface area contributed by atoms with Crippen LogP contribution in [-0.4, -0.2) is 12.0 Å².